The van der Waals surface area contributed by atoms with E-state index >= 15 is 0 Å². The third-order valence-electron chi connectivity index (χ3n) is 4.33. The van der Waals surface area contributed by atoms with Gasteiger partial charge < -0.3 is 0 Å². The molecule has 2 unspecified atom stereocenters. The predicted molar refractivity (Wildman–Crippen MR) is 76.6 cm³/mol. The molecule has 2 aromatic rings. The number of pyridine rings is 1. The van der Waals surface area contributed by atoms with Crippen LogP contribution in [0.1, 0.15) is 36.2 Å². The molecule has 2 aromatic heterocycles. The lowest BCUT2D eigenvalue weighted by Crippen LogP contribution is -2.25. The monoisotopic (exact) mass is 272 g/mol. The maximum absolute atomic E-state index is 12.7. The van der Waals surface area contributed by atoms with E-state index in [9.17, 15) is 4.79 Å². The first-order valence-electron chi connectivity index (χ1n) is 6.93. The summed E-state index contributed by atoms with van der Waals surface area (Å²) < 4.78 is 1.92. The first-order chi connectivity index (χ1) is 9.31. The van der Waals surface area contributed by atoms with Crippen LogP contribution < -0.4 is 0 Å². The molecule has 0 aromatic carbocycles. The molecular weight excluding hydrogens is 256 g/mol. The molecule has 4 heterocycles. The van der Waals surface area contributed by atoms with Gasteiger partial charge in [-0.2, -0.15) is 11.8 Å². The van der Waals surface area contributed by atoms with Gasteiger partial charge in [0.2, 0.25) is 0 Å². The molecule has 0 aliphatic carbocycles. The second-order valence-corrected chi connectivity index (χ2v) is 7.17. The van der Waals surface area contributed by atoms with Crippen molar-refractivity contribution >= 4 is 23.2 Å². The number of nitrogens with zero attached hydrogens (tertiary/aromatic N) is 2. The molecule has 0 radical (unpaired) electrons. The van der Waals surface area contributed by atoms with Crippen LogP contribution in [0.5, 0.6) is 0 Å². The standard InChI is InChI=1S/C15H16N2OS/c18-15(10-7-11-4-5-12(8-10)19-11)13-9-16-14-3-1-2-6-17(13)14/h1-3,6,9-12H,4-5,7-8H2. The first-order valence-corrected chi connectivity index (χ1v) is 7.87. The number of ketones is 1. The van der Waals surface area contributed by atoms with Crippen molar-refractivity contribution in [2.45, 2.75) is 36.2 Å². The average molecular weight is 272 g/mol. The van der Waals surface area contributed by atoms with Crippen molar-refractivity contribution < 1.29 is 4.79 Å². The zero-order valence-electron chi connectivity index (χ0n) is 10.7. The van der Waals surface area contributed by atoms with E-state index in [1.54, 1.807) is 6.20 Å². The number of fused-ring (bicyclic) bond motifs is 3. The van der Waals surface area contributed by atoms with Crippen LogP contribution in [0, 0.1) is 5.92 Å². The molecule has 0 N–H and O–H groups in total. The zero-order valence-corrected chi connectivity index (χ0v) is 11.5. The Labute approximate surface area is 116 Å². The second-order valence-electron chi connectivity index (χ2n) is 5.56. The van der Waals surface area contributed by atoms with Gasteiger partial charge in [0.05, 0.1) is 6.20 Å². The Kier molecular flexibility index (Phi) is 2.65. The molecule has 2 aliphatic rings. The maximum Gasteiger partial charge on any atom is 0.184 e. The number of carbonyl (C=O) groups excluding carboxylic acids is 1. The minimum absolute atomic E-state index is 0.207. The largest absolute Gasteiger partial charge is 0.297 e. The Balaban J connectivity index is 1.67. The molecule has 2 bridgehead atoms. The topological polar surface area (TPSA) is 34.4 Å². The Morgan fingerprint density at radius 1 is 1.26 bits per heavy atom. The van der Waals surface area contributed by atoms with Crippen LogP contribution in [0.4, 0.5) is 0 Å². The van der Waals surface area contributed by atoms with Crippen molar-refractivity contribution in [1.29, 1.82) is 0 Å². The number of thioether (sulfide) groups is 1. The van der Waals surface area contributed by atoms with Crippen molar-refractivity contribution in [2.75, 3.05) is 0 Å². The molecule has 98 valence electrons. The second kappa shape index (κ2) is 4.37. The van der Waals surface area contributed by atoms with Gasteiger partial charge in [0, 0.05) is 22.6 Å². The maximum atomic E-state index is 12.7. The molecule has 19 heavy (non-hydrogen) atoms. The van der Waals surface area contributed by atoms with E-state index in [0.717, 1.165) is 24.2 Å². The molecule has 0 amide bonds. The number of hydrogen-bond acceptors (Lipinski definition) is 3. The quantitative estimate of drug-likeness (QED) is 0.787. The molecule has 2 aliphatic heterocycles. The summed E-state index contributed by atoms with van der Waals surface area (Å²) in [6, 6.07) is 5.84. The van der Waals surface area contributed by atoms with Crippen molar-refractivity contribution in [1.82, 2.24) is 9.38 Å². The number of Topliss-reactive ketones (excluding diaryl/α,β-unsaturated/α-hetero) is 1. The summed E-state index contributed by atoms with van der Waals surface area (Å²) in [4.78, 5) is 17.0. The average Bonchev–Trinajstić information content (AvgIpc) is 3.01. The van der Waals surface area contributed by atoms with Crippen molar-refractivity contribution in [3.05, 3.63) is 36.3 Å². The number of imidazole rings is 1. The highest BCUT2D eigenvalue weighted by molar-refractivity contribution is 8.00. The van der Waals surface area contributed by atoms with E-state index < -0.39 is 0 Å². The van der Waals surface area contributed by atoms with E-state index in [0.29, 0.717) is 10.5 Å². The van der Waals surface area contributed by atoms with E-state index in [1.165, 1.54) is 12.8 Å². The van der Waals surface area contributed by atoms with Crippen molar-refractivity contribution in [2.24, 2.45) is 5.92 Å². The SMILES string of the molecule is O=C(c1cnc2ccccn12)C1CC2CCC(C1)S2. The fourth-order valence-electron chi connectivity index (χ4n) is 3.40. The Bertz CT molecular complexity index is 624. The molecule has 3 nitrogen and oxygen atoms in total. The highest BCUT2D eigenvalue weighted by Gasteiger charge is 2.38. The van der Waals surface area contributed by atoms with Gasteiger partial charge in [-0.25, -0.2) is 4.98 Å². The Morgan fingerprint density at radius 2 is 2.05 bits per heavy atom. The fourth-order valence-corrected chi connectivity index (χ4v) is 5.17. The summed E-state index contributed by atoms with van der Waals surface area (Å²) >= 11 is 2.10. The summed E-state index contributed by atoms with van der Waals surface area (Å²) in [7, 11) is 0. The number of carbonyl (C=O) groups is 1. The normalized spacial score (nSPS) is 29.8. The molecule has 2 atom stereocenters. The molecule has 2 fully saturated rings. The lowest BCUT2D eigenvalue weighted by Gasteiger charge is -2.26. The van der Waals surface area contributed by atoms with Crippen molar-refractivity contribution in [3.8, 4) is 0 Å². The number of hydrogen-bond donors (Lipinski definition) is 0. The Hall–Kier alpha value is -1.29. The number of rotatable bonds is 2. The summed E-state index contributed by atoms with van der Waals surface area (Å²) in [6.45, 7) is 0. The van der Waals surface area contributed by atoms with Crippen LogP contribution in [-0.4, -0.2) is 25.7 Å². The lowest BCUT2D eigenvalue weighted by atomic mass is 9.93. The van der Waals surface area contributed by atoms with Gasteiger partial charge >= 0.3 is 0 Å². The minimum Gasteiger partial charge on any atom is -0.297 e. The predicted octanol–water partition coefficient (Wildman–Crippen LogP) is 3.19. The molecule has 4 heteroatoms. The molecule has 0 saturated carbocycles. The van der Waals surface area contributed by atoms with Crippen LogP contribution in [0.15, 0.2) is 30.6 Å². The van der Waals surface area contributed by atoms with Gasteiger partial charge in [-0.15, -0.1) is 0 Å². The van der Waals surface area contributed by atoms with Crippen LogP contribution in [0.25, 0.3) is 5.65 Å². The first kappa shape index (κ1) is 11.5. The van der Waals surface area contributed by atoms with E-state index in [-0.39, 0.29) is 11.7 Å². The summed E-state index contributed by atoms with van der Waals surface area (Å²) in [5, 5.41) is 1.43. The van der Waals surface area contributed by atoms with Gasteiger partial charge in [-0.05, 0) is 37.8 Å². The van der Waals surface area contributed by atoms with Crippen LogP contribution in [0.2, 0.25) is 0 Å². The molecule has 2 saturated heterocycles. The van der Waals surface area contributed by atoms with Gasteiger partial charge in [0.1, 0.15) is 11.3 Å². The summed E-state index contributed by atoms with van der Waals surface area (Å²) in [5.41, 5.74) is 1.62. The highest BCUT2D eigenvalue weighted by atomic mass is 32.2. The van der Waals surface area contributed by atoms with Gasteiger partial charge in [0.25, 0.3) is 0 Å². The van der Waals surface area contributed by atoms with Gasteiger partial charge in [-0.1, -0.05) is 6.07 Å². The molecule has 4 rings (SSSR count). The lowest BCUT2D eigenvalue weighted by molar-refractivity contribution is 0.0901. The van der Waals surface area contributed by atoms with E-state index in [4.69, 9.17) is 0 Å². The zero-order chi connectivity index (χ0) is 12.8. The Morgan fingerprint density at radius 3 is 2.84 bits per heavy atom. The van der Waals surface area contributed by atoms with Gasteiger partial charge in [-0.3, -0.25) is 9.20 Å². The molecular formula is C15H16N2OS. The summed E-state index contributed by atoms with van der Waals surface area (Å²) in [6.07, 6.45) is 8.38. The number of aromatic nitrogens is 2. The highest BCUT2D eigenvalue weighted by Crippen LogP contribution is 2.46. The van der Waals surface area contributed by atoms with Gasteiger partial charge in [0.15, 0.2) is 5.78 Å². The minimum atomic E-state index is 0.207. The van der Waals surface area contributed by atoms with E-state index in [2.05, 4.69) is 16.7 Å². The smallest absolute Gasteiger partial charge is 0.184 e. The van der Waals surface area contributed by atoms with Crippen LogP contribution >= 0.6 is 11.8 Å². The van der Waals surface area contributed by atoms with Crippen molar-refractivity contribution in [3.63, 3.8) is 0 Å². The third-order valence-corrected chi connectivity index (χ3v) is 5.96. The molecule has 0 spiro atoms. The van der Waals surface area contributed by atoms with E-state index in [1.807, 2.05) is 28.8 Å². The third kappa shape index (κ3) is 1.89. The van der Waals surface area contributed by atoms with Crippen LogP contribution in [-0.2, 0) is 0 Å². The fraction of sp³-hybridized carbons (Fsp3) is 0.467. The van der Waals surface area contributed by atoms with Crippen LogP contribution in [0.3, 0.4) is 0 Å². The summed E-state index contributed by atoms with van der Waals surface area (Å²) in [5.74, 6) is 0.495.